The molecule has 9 aromatic carbocycles. The van der Waals surface area contributed by atoms with Crippen molar-refractivity contribution in [2.45, 2.75) is 0 Å². The summed E-state index contributed by atoms with van der Waals surface area (Å²) in [6, 6.07) is 73.3. The molecule has 0 saturated heterocycles. The summed E-state index contributed by atoms with van der Waals surface area (Å²) in [5, 5.41) is 7.93. The summed E-state index contributed by atoms with van der Waals surface area (Å²) < 4.78 is 5.32. The van der Waals surface area contributed by atoms with Crippen molar-refractivity contribution < 1.29 is 0 Å². The van der Waals surface area contributed by atoms with E-state index in [0.29, 0.717) is 0 Å². The predicted molar refractivity (Wildman–Crippen MR) is 241 cm³/mol. The Balaban J connectivity index is 1.01. The molecule has 258 valence electrons. The highest BCUT2D eigenvalue weighted by molar-refractivity contribution is 7.26. The molecule has 0 amide bonds. The van der Waals surface area contributed by atoms with Gasteiger partial charge in [-0.1, -0.05) is 140 Å². The molecule has 0 spiro atoms. The molecule has 0 fully saturated rings. The lowest BCUT2D eigenvalue weighted by Crippen LogP contribution is -2.09. The van der Waals surface area contributed by atoms with Gasteiger partial charge in [0.2, 0.25) is 0 Å². The van der Waals surface area contributed by atoms with Gasteiger partial charge in [0.1, 0.15) is 0 Å². The van der Waals surface area contributed by atoms with Gasteiger partial charge in [0.15, 0.2) is 0 Å². The number of rotatable bonds is 6. The van der Waals surface area contributed by atoms with Crippen LogP contribution in [0, 0.1) is 0 Å². The zero-order chi connectivity index (χ0) is 36.3. The van der Waals surface area contributed by atoms with Gasteiger partial charge in [0.25, 0.3) is 0 Å². The Hall–Kier alpha value is -6.52. The molecule has 55 heavy (non-hydrogen) atoms. The fourth-order valence-corrected chi connectivity index (χ4v) is 10.6. The van der Waals surface area contributed by atoms with Crippen LogP contribution in [0.15, 0.2) is 200 Å². The zero-order valence-electron chi connectivity index (χ0n) is 29.8. The van der Waals surface area contributed by atoms with Crippen molar-refractivity contribution in [2.75, 3.05) is 4.90 Å². The largest absolute Gasteiger partial charge is 0.311 e. The summed E-state index contributed by atoms with van der Waals surface area (Å²) in [5.74, 6) is 0. The van der Waals surface area contributed by atoms with Gasteiger partial charge in [-0.3, -0.25) is 0 Å². The first-order valence-electron chi connectivity index (χ1n) is 18.7. The van der Waals surface area contributed by atoms with E-state index in [1.807, 2.05) is 22.7 Å². The minimum absolute atomic E-state index is 1.11. The average Bonchev–Trinajstić information content (AvgIpc) is 3.84. The van der Waals surface area contributed by atoms with Gasteiger partial charge in [-0.25, -0.2) is 0 Å². The van der Waals surface area contributed by atoms with Crippen molar-refractivity contribution in [1.82, 2.24) is 0 Å². The van der Waals surface area contributed by atoms with Gasteiger partial charge in [0.05, 0.1) is 0 Å². The molecule has 0 atom stereocenters. The molecule has 0 aliphatic rings. The lowest BCUT2D eigenvalue weighted by atomic mass is 9.95. The third kappa shape index (κ3) is 5.43. The first-order chi connectivity index (χ1) is 27.3. The fraction of sp³-hybridized carbons (Fsp3) is 0. The van der Waals surface area contributed by atoms with Crippen molar-refractivity contribution >= 4 is 90.9 Å². The van der Waals surface area contributed by atoms with Crippen molar-refractivity contribution in [3.8, 4) is 33.4 Å². The number of anilines is 3. The Kier molecular flexibility index (Phi) is 7.61. The third-order valence-corrected chi connectivity index (χ3v) is 13.2. The van der Waals surface area contributed by atoms with Crippen molar-refractivity contribution in [1.29, 1.82) is 0 Å². The van der Waals surface area contributed by atoms with Gasteiger partial charge in [-0.2, -0.15) is 0 Å². The van der Waals surface area contributed by atoms with Gasteiger partial charge in [-0.05, 0) is 105 Å². The van der Waals surface area contributed by atoms with Crippen LogP contribution in [0.5, 0.6) is 0 Å². The molecular formula is C52H33NS2. The molecule has 0 aliphatic carbocycles. The molecule has 2 aromatic heterocycles. The van der Waals surface area contributed by atoms with Crippen molar-refractivity contribution in [2.24, 2.45) is 0 Å². The summed E-state index contributed by atoms with van der Waals surface area (Å²) in [6.07, 6.45) is 0. The highest BCUT2D eigenvalue weighted by Crippen LogP contribution is 2.44. The smallest absolute Gasteiger partial charge is 0.0462 e. The molecular weight excluding hydrogens is 703 g/mol. The van der Waals surface area contributed by atoms with Crippen LogP contribution in [0.25, 0.3) is 84.5 Å². The van der Waals surface area contributed by atoms with Gasteiger partial charge < -0.3 is 4.90 Å². The molecule has 11 rings (SSSR count). The average molecular weight is 736 g/mol. The van der Waals surface area contributed by atoms with Crippen LogP contribution < -0.4 is 4.90 Å². The van der Waals surface area contributed by atoms with Crippen molar-refractivity contribution in [3.63, 3.8) is 0 Å². The summed E-state index contributed by atoms with van der Waals surface area (Å²) in [5.41, 5.74) is 10.7. The maximum Gasteiger partial charge on any atom is 0.0462 e. The molecule has 3 heteroatoms. The highest BCUT2D eigenvalue weighted by Gasteiger charge is 2.17. The minimum atomic E-state index is 1.11. The molecule has 0 N–H and O–H groups in total. The molecule has 1 nitrogen and oxygen atoms in total. The Labute approximate surface area is 327 Å². The van der Waals surface area contributed by atoms with E-state index in [0.717, 1.165) is 17.1 Å². The second-order valence-corrected chi connectivity index (χ2v) is 16.2. The molecule has 11 aromatic rings. The van der Waals surface area contributed by atoms with Gasteiger partial charge in [0, 0.05) is 57.4 Å². The van der Waals surface area contributed by atoms with Crippen LogP contribution in [0.4, 0.5) is 17.1 Å². The van der Waals surface area contributed by atoms with Gasteiger partial charge >= 0.3 is 0 Å². The summed E-state index contributed by atoms with van der Waals surface area (Å²) in [6.45, 7) is 0. The second-order valence-electron chi connectivity index (χ2n) is 14.1. The topological polar surface area (TPSA) is 3.24 Å². The number of fused-ring (bicyclic) bond motifs is 8. The van der Waals surface area contributed by atoms with E-state index in [4.69, 9.17) is 0 Å². The zero-order valence-corrected chi connectivity index (χ0v) is 31.4. The highest BCUT2D eigenvalue weighted by atomic mass is 32.1. The lowest BCUT2D eigenvalue weighted by molar-refractivity contribution is 1.28. The summed E-state index contributed by atoms with van der Waals surface area (Å²) in [7, 11) is 0. The summed E-state index contributed by atoms with van der Waals surface area (Å²) in [4.78, 5) is 2.37. The maximum absolute atomic E-state index is 2.37. The van der Waals surface area contributed by atoms with E-state index in [1.54, 1.807) is 0 Å². The van der Waals surface area contributed by atoms with Crippen LogP contribution in [0.3, 0.4) is 0 Å². The molecule has 0 aliphatic heterocycles. The number of hydrogen-bond donors (Lipinski definition) is 0. The second kappa shape index (κ2) is 13.1. The quantitative estimate of drug-likeness (QED) is 0.164. The Morgan fingerprint density at radius 1 is 0.255 bits per heavy atom. The molecule has 0 saturated carbocycles. The van der Waals surface area contributed by atoms with Crippen LogP contribution in [-0.2, 0) is 0 Å². The van der Waals surface area contributed by atoms with Crippen LogP contribution in [0.2, 0.25) is 0 Å². The number of thiophene rings is 2. The minimum Gasteiger partial charge on any atom is -0.311 e. The van der Waals surface area contributed by atoms with E-state index in [-0.39, 0.29) is 0 Å². The molecule has 0 unspecified atom stereocenters. The predicted octanol–water partition coefficient (Wildman–Crippen LogP) is 16.0. The van der Waals surface area contributed by atoms with E-state index in [2.05, 4.69) is 205 Å². The third-order valence-electron chi connectivity index (χ3n) is 10.9. The van der Waals surface area contributed by atoms with E-state index in [1.165, 1.54) is 84.5 Å². The molecule has 0 bridgehead atoms. The van der Waals surface area contributed by atoms with E-state index in [9.17, 15) is 0 Å². The Morgan fingerprint density at radius 2 is 0.709 bits per heavy atom. The maximum atomic E-state index is 2.37. The SMILES string of the molecule is c1ccc(-c2ccc(N(c3ccc(-c4cccc5c4ccc4sc6ccccc6c45)cc3)c3ccc(-c4cccc5sc6ccccc6c45)cc3)cc2)cc1. The lowest BCUT2D eigenvalue weighted by Gasteiger charge is -2.26. The first kappa shape index (κ1) is 32.0. The van der Waals surface area contributed by atoms with Crippen molar-refractivity contribution in [3.05, 3.63) is 200 Å². The Bertz CT molecular complexity index is 3170. The van der Waals surface area contributed by atoms with Crippen LogP contribution in [-0.4, -0.2) is 0 Å². The monoisotopic (exact) mass is 735 g/mol. The molecule has 2 heterocycles. The molecule has 0 radical (unpaired) electrons. The van der Waals surface area contributed by atoms with E-state index >= 15 is 0 Å². The fourth-order valence-electron chi connectivity index (χ4n) is 8.31. The van der Waals surface area contributed by atoms with Gasteiger partial charge in [-0.15, -0.1) is 22.7 Å². The number of nitrogens with zero attached hydrogens (tertiary/aromatic N) is 1. The number of hydrogen-bond acceptors (Lipinski definition) is 3. The standard InChI is InChI=1S/C52H33NS2/c1-2-10-34(11-3-1)35-20-26-38(27-21-35)53(40-30-24-37(25-31-40)42-15-9-19-49-51(42)45-12-4-6-17-47(45)54-49)39-28-22-36(23-29-39)41-14-8-16-44-43(41)32-33-50-52(44)46-13-5-7-18-48(46)55-50/h1-33H. The first-order valence-corrected chi connectivity index (χ1v) is 20.3. The van der Waals surface area contributed by atoms with E-state index < -0.39 is 0 Å². The summed E-state index contributed by atoms with van der Waals surface area (Å²) >= 11 is 3.74. The normalized spacial score (nSPS) is 11.6. The number of benzene rings is 9. The van der Waals surface area contributed by atoms with Crippen LogP contribution >= 0.6 is 22.7 Å². The van der Waals surface area contributed by atoms with Crippen LogP contribution in [0.1, 0.15) is 0 Å². The Morgan fingerprint density at radius 3 is 1.36 bits per heavy atom.